The summed E-state index contributed by atoms with van der Waals surface area (Å²) in [5.74, 6) is -1.30. The van der Waals surface area contributed by atoms with Crippen molar-refractivity contribution in [3.05, 3.63) is 86.2 Å². The molecule has 0 saturated heterocycles. The van der Waals surface area contributed by atoms with Gasteiger partial charge >= 0.3 is 11.9 Å². The highest BCUT2D eigenvalue weighted by Crippen LogP contribution is 2.55. The van der Waals surface area contributed by atoms with Crippen molar-refractivity contribution in [1.29, 1.82) is 0 Å². The molecule has 0 fully saturated rings. The average Bonchev–Trinajstić information content (AvgIpc) is 2.90. The number of allylic oxidation sites excluding steroid dienone is 4. The molecule has 1 aliphatic heterocycles. The molecule has 8 nitrogen and oxygen atoms in total. The van der Waals surface area contributed by atoms with Gasteiger partial charge in [-0.3, -0.25) is 19.7 Å². The van der Waals surface area contributed by atoms with Crippen molar-refractivity contribution >= 4 is 17.3 Å². The van der Waals surface area contributed by atoms with E-state index in [4.69, 9.17) is 9.47 Å². The number of nitro groups is 1. The van der Waals surface area contributed by atoms with Gasteiger partial charge in [-0.15, -0.1) is 0 Å². The first-order valence-corrected chi connectivity index (χ1v) is 14.4. The molecule has 0 atom stereocenters. The summed E-state index contributed by atoms with van der Waals surface area (Å²) in [6.07, 6.45) is -3.11. The molecule has 0 amide bonds. The molecular formula is C33H35F3N2O6. The normalized spacial score (nSPS) is 20.0. The van der Waals surface area contributed by atoms with E-state index in [0.717, 1.165) is 23.5 Å². The molecule has 2 aliphatic carbocycles. The van der Waals surface area contributed by atoms with Crippen LogP contribution in [0.25, 0.3) is 0 Å². The lowest BCUT2D eigenvalue weighted by molar-refractivity contribution is -0.385. The van der Waals surface area contributed by atoms with Gasteiger partial charge in [0.1, 0.15) is 5.75 Å². The number of nitro benzene ring substituents is 1. The first-order chi connectivity index (χ1) is 20.5. The Hall–Kier alpha value is -3.99. The summed E-state index contributed by atoms with van der Waals surface area (Å²) in [6, 6.07) is 8.68. The van der Waals surface area contributed by atoms with Gasteiger partial charge in [0, 0.05) is 66.6 Å². The molecule has 44 heavy (non-hydrogen) atoms. The fourth-order valence-electron chi connectivity index (χ4n) is 6.66. The Morgan fingerprint density at radius 2 is 1.48 bits per heavy atom. The maximum atomic E-state index is 14.0. The fourth-order valence-corrected chi connectivity index (χ4v) is 6.66. The van der Waals surface area contributed by atoms with Crippen LogP contribution < -0.4 is 4.74 Å². The number of hydrogen-bond acceptors (Lipinski definition) is 7. The van der Waals surface area contributed by atoms with Crippen LogP contribution in [0.1, 0.15) is 70.4 Å². The van der Waals surface area contributed by atoms with Crippen LogP contribution >= 0.6 is 0 Å². The number of benzene rings is 2. The number of carbonyl (C=O) groups is 2. The zero-order chi connectivity index (χ0) is 32.2. The molecule has 2 aromatic rings. The van der Waals surface area contributed by atoms with Crippen molar-refractivity contribution in [2.24, 2.45) is 10.8 Å². The van der Waals surface area contributed by atoms with E-state index >= 15 is 0 Å². The lowest BCUT2D eigenvalue weighted by Crippen LogP contribution is -2.45. The molecule has 234 valence electrons. The van der Waals surface area contributed by atoms with Crippen molar-refractivity contribution in [3.8, 4) is 11.5 Å². The van der Waals surface area contributed by atoms with Crippen LogP contribution in [-0.4, -0.2) is 41.7 Å². The van der Waals surface area contributed by atoms with E-state index in [1.54, 1.807) is 31.4 Å². The van der Waals surface area contributed by atoms with Crippen LogP contribution in [0.5, 0.6) is 11.5 Å². The largest absolute Gasteiger partial charge is 0.450 e. The molecule has 0 bridgehead atoms. The van der Waals surface area contributed by atoms with Gasteiger partial charge in [0.15, 0.2) is 11.6 Å². The molecule has 0 radical (unpaired) electrons. The second-order valence-electron chi connectivity index (χ2n) is 13.3. The molecule has 5 rings (SSSR count). The van der Waals surface area contributed by atoms with Gasteiger partial charge < -0.3 is 14.4 Å². The smallest absolute Gasteiger partial charge is 0.416 e. The average molecular weight is 613 g/mol. The molecule has 0 saturated carbocycles. The van der Waals surface area contributed by atoms with Crippen molar-refractivity contribution in [3.63, 3.8) is 0 Å². The Kier molecular flexibility index (Phi) is 7.99. The highest BCUT2D eigenvalue weighted by molar-refractivity contribution is 6.07. The van der Waals surface area contributed by atoms with Gasteiger partial charge in [-0.2, -0.15) is 13.2 Å². The minimum absolute atomic E-state index is 0.108. The van der Waals surface area contributed by atoms with Crippen molar-refractivity contribution in [1.82, 2.24) is 4.90 Å². The van der Waals surface area contributed by atoms with Crippen LogP contribution in [0.2, 0.25) is 0 Å². The summed E-state index contributed by atoms with van der Waals surface area (Å²) in [6.45, 7) is 8.93. The molecule has 2 aromatic carbocycles. The first-order valence-electron chi connectivity index (χ1n) is 14.4. The number of halogens is 3. The number of methoxy groups -OCH3 is 1. The summed E-state index contributed by atoms with van der Waals surface area (Å²) in [4.78, 5) is 41.0. The molecular weight excluding hydrogens is 577 g/mol. The molecule has 1 heterocycles. The van der Waals surface area contributed by atoms with Crippen molar-refractivity contribution in [2.45, 2.75) is 65.5 Å². The first kappa shape index (κ1) is 31.4. The molecule has 0 N–H and O–H groups in total. The number of Topliss-reactive ketones (excluding diaryl/α,β-unsaturated/α-hetero) is 2. The number of nitrogens with zero attached hydrogens (tertiary/aromatic N) is 2. The summed E-state index contributed by atoms with van der Waals surface area (Å²) in [5.41, 5.74) is 0.313. The molecule has 0 aromatic heterocycles. The Bertz CT molecular complexity index is 1550. The lowest BCUT2D eigenvalue weighted by atomic mass is 9.63. The quantitative estimate of drug-likeness (QED) is 0.233. The van der Waals surface area contributed by atoms with E-state index in [9.17, 15) is 32.9 Å². The second-order valence-corrected chi connectivity index (χ2v) is 13.3. The Morgan fingerprint density at radius 1 is 0.909 bits per heavy atom. The van der Waals surface area contributed by atoms with E-state index in [-0.39, 0.29) is 46.7 Å². The number of ether oxygens (including phenoxy) is 2. The predicted octanol–water partition coefficient (Wildman–Crippen LogP) is 7.74. The van der Waals surface area contributed by atoms with Crippen molar-refractivity contribution < 1.29 is 37.2 Å². The third-order valence-electron chi connectivity index (χ3n) is 8.47. The standard InChI is InChI=1S/C33H35F3N2O6/c1-31(2)15-22-29(24(39)17-31)28(30-23(37(22)12-13-43-5)16-32(3,4)18-25(30)40)20-8-6-7-9-26(20)44-27-11-10-19(33(34,35)36)14-21(27)38(41)42/h6-11,14,28H,12-13,15-18H2,1-5H3. The third kappa shape index (κ3) is 5.89. The van der Waals surface area contributed by atoms with E-state index in [1.165, 1.54) is 0 Å². The van der Waals surface area contributed by atoms with Gasteiger partial charge in [0.05, 0.1) is 17.1 Å². The van der Waals surface area contributed by atoms with Crippen LogP contribution in [0.3, 0.4) is 0 Å². The minimum atomic E-state index is -4.78. The maximum absolute atomic E-state index is 14.0. The number of ketones is 2. The van der Waals surface area contributed by atoms with Crippen LogP contribution in [0, 0.1) is 20.9 Å². The topological polar surface area (TPSA) is 99.0 Å². The summed E-state index contributed by atoms with van der Waals surface area (Å²) < 4.78 is 51.5. The van der Waals surface area contributed by atoms with Crippen LogP contribution in [-0.2, 0) is 20.5 Å². The third-order valence-corrected chi connectivity index (χ3v) is 8.47. The highest BCUT2D eigenvalue weighted by atomic mass is 19.4. The van der Waals surface area contributed by atoms with Gasteiger partial charge in [-0.25, -0.2) is 0 Å². The molecule has 0 spiro atoms. The summed E-state index contributed by atoms with van der Waals surface area (Å²) in [7, 11) is 1.59. The molecule has 11 heteroatoms. The highest BCUT2D eigenvalue weighted by Gasteiger charge is 2.49. The molecule has 3 aliphatic rings. The number of rotatable bonds is 7. The van der Waals surface area contributed by atoms with E-state index in [2.05, 4.69) is 4.90 Å². The van der Waals surface area contributed by atoms with Gasteiger partial charge in [0.2, 0.25) is 5.75 Å². The van der Waals surface area contributed by atoms with Crippen LogP contribution in [0.15, 0.2) is 65.0 Å². The SMILES string of the molecule is COCCN1C2=C(C(=O)CC(C)(C)C2)C(c2ccccc2Oc2ccc(C(F)(F)F)cc2[N+](=O)[O-])C2=C1CC(C)(C)CC2=O. The number of alkyl halides is 3. The monoisotopic (exact) mass is 612 g/mol. The van der Waals surface area contributed by atoms with Crippen LogP contribution in [0.4, 0.5) is 18.9 Å². The minimum Gasteiger partial charge on any atom is -0.450 e. The number of para-hydroxylation sites is 1. The van der Waals surface area contributed by atoms with Crippen molar-refractivity contribution in [2.75, 3.05) is 20.3 Å². The lowest BCUT2D eigenvalue weighted by Gasteiger charge is -2.49. The Labute approximate surface area is 253 Å². The number of carbonyl (C=O) groups excluding carboxylic acids is 2. The zero-order valence-corrected chi connectivity index (χ0v) is 25.3. The van der Waals surface area contributed by atoms with Gasteiger partial charge in [-0.1, -0.05) is 45.9 Å². The van der Waals surface area contributed by atoms with E-state index in [0.29, 0.717) is 48.8 Å². The zero-order valence-electron chi connectivity index (χ0n) is 25.3. The summed E-state index contributed by atoms with van der Waals surface area (Å²) >= 11 is 0. The fraction of sp³-hybridized carbons (Fsp3) is 0.455. The van der Waals surface area contributed by atoms with E-state index in [1.807, 2.05) is 27.7 Å². The van der Waals surface area contributed by atoms with Gasteiger partial charge in [0.25, 0.3) is 0 Å². The second kappa shape index (κ2) is 11.2. The Balaban J connectivity index is 1.72. The molecule has 0 unspecified atom stereocenters. The van der Waals surface area contributed by atoms with E-state index < -0.39 is 28.3 Å². The summed E-state index contributed by atoms with van der Waals surface area (Å²) in [5, 5.41) is 11.8. The predicted molar refractivity (Wildman–Crippen MR) is 156 cm³/mol. The Morgan fingerprint density at radius 3 is 2.00 bits per heavy atom. The number of hydrogen-bond donors (Lipinski definition) is 0. The van der Waals surface area contributed by atoms with Gasteiger partial charge in [-0.05, 0) is 41.9 Å². The maximum Gasteiger partial charge on any atom is 0.416 e.